The van der Waals surface area contributed by atoms with Crippen LogP contribution in [0.15, 0.2) is 60.5 Å². The maximum Gasteiger partial charge on any atom is 0.200 e. The van der Waals surface area contributed by atoms with Gasteiger partial charge < -0.3 is 19.2 Å². The summed E-state index contributed by atoms with van der Waals surface area (Å²) in [7, 11) is 2.08. The summed E-state index contributed by atoms with van der Waals surface area (Å²) in [4.78, 5) is 5.43. The van der Waals surface area contributed by atoms with Crippen molar-refractivity contribution < 1.29 is 13.5 Å². The number of halogens is 2. The molecule has 2 aromatic carbocycles. The molecule has 1 saturated heterocycles. The summed E-state index contributed by atoms with van der Waals surface area (Å²) in [6, 6.07) is 11.1. The Labute approximate surface area is 189 Å². The molecule has 1 aromatic heterocycles. The van der Waals surface area contributed by atoms with Crippen LogP contribution >= 0.6 is 0 Å². The molecule has 2 unspecified atom stereocenters. The standard InChI is InChI=1S/C26H24F2N4O/c1-31-12-19(13-31)32-24-7-2-15(9-23(24)30-26(32)29)8-22-20-5-3-17(27)10-16(20)14-33-25-11-18(28)4-6-21(22)25/h2-11,19,21,25H,12-14H2,1H3,(H2,29,30)/b22-8+. The third-order valence-corrected chi connectivity index (χ3v) is 6.82. The fourth-order valence-corrected chi connectivity index (χ4v) is 5.21. The molecule has 2 aliphatic heterocycles. The van der Waals surface area contributed by atoms with Gasteiger partial charge in [0.05, 0.1) is 29.8 Å². The summed E-state index contributed by atoms with van der Waals surface area (Å²) >= 11 is 0. The Hall–Kier alpha value is -3.29. The monoisotopic (exact) mass is 446 g/mol. The molecule has 3 aliphatic rings. The molecule has 168 valence electrons. The van der Waals surface area contributed by atoms with Crippen molar-refractivity contribution in [1.29, 1.82) is 5.41 Å². The number of aromatic amines is 1. The fourth-order valence-electron chi connectivity index (χ4n) is 5.21. The molecule has 2 N–H and O–H groups in total. The Bertz CT molecular complexity index is 1410. The van der Waals surface area contributed by atoms with Gasteiger partial charge in [0.15, 0.2) is 0 Å². The molecule has 0 amide bonds. The van der Waals surface area contributed by atoms with E-state index >= 15 is 0 Å². The summed E-state index contributed by atoms with van der Waals surface area (Å²) < 4.78 is 35.9. The number of rotatable bonds is 2. The van der Waals surface area contributed by atoms with Crippen LogP contribution in [0.2, 0.25) is 0 Å². The van der Waals surface area contributed by atoms with Crippen molar-refractivity contribution in [2.75, 3.05) is 20.1 Å². The predicted molar refractivity (Wildman–Crippen MR) is 123 cm³/mol. The van der Waals surface area contributed by atoms with Crippen molar-refractivity contribution in [3.05, 3.63) is 88.6 Å². The smallest absolute Gasteiger partial charge is 0.200 e. The van der Waals surface area contributed by atoms with Gasteiger partial charge in [-0.05, 0) is 65.7 Å². The maximum atomic E-state index is 14.0. The molecule has 0 saturated carbocycles. The molecule has 2 atom stereocenters. The fraction of sp³-hybridized carbons (Fsp3) is 0.269. The number of hydrogen-bond acceptors (Lipinski definition) is 3. The van der Waals surface area contributed by atoms with E-state index in [1.165, 1.54) is 24.3 Å². The molecule has 0 spiro atoms. The van der Waals surface area contributed by atoms with E-state index in [0.29, 0.717) is 11.7 Å². The second-order valence-electron chi connectivity index (χ2n) is 9.11. The van der Waals surface area contributed by atoms with Crippen molar-refractivity contribution in [2.45, 2.75) is 18.8 Å². The van der Waals surface area contributed by atoms with Gasteiger partial charge in [-0.1, -0.05) is 24.3 Å². The van der Waals surface area contributed by atoms with Crippen LogP contribution in [0.1, 0.15) is 22.7 Å². The molecule has 33 heavy (non-hydrogen) atoms. The van der Waals surface area contributed by atoms with Gasteiger partial charge in [0.2, 0.25) is 5.62 Å². The summed E-state index contributed by atoms with van der Waals surface area (Å²) in [5, 5.41) is 8.41. The van der Waals surface area contributed by atoms with Gasteiger partial charge in [0.25, 0.3) is 0 Å². The number of imidazole rings is 1. The zero-order valence-electron chi connectivity index (χ0n) is 18.2. The highest BCUT2D eigenvalue weighted by atomic mass is 19.1. The van der Waals surface area contributed by atoms with E-state index in [0.717, 1.165) is 46.4 Å². The first kappa shape index (κ1) is 20.3. The van der Waals surface area contributed by atoms with Crippen LogP contribution in [0.5, 0.6) is 0 Å². The molecule has 0 radical (unpaired) electrons. The maximum absolute atomic E-state index is 14.0. The normalized spacial score (nSPS) is 24.3. The molecule has 7 heteroatoms. The quantitative estimate of drug-likeness (QED) is 0.607. The minimum Gasteiger partial charge on any atom is -0.368 e. The van der Waals surface area contributed by atoms with E-state index in [1.807, 2.05) is 24.3 Å². The molecule has 3 aromatic rings. The van der Waals surface area contributed by atoms with Crippen LogP contribution in [0.25, 0.3) is 22.7 Å². The zero-order chi connectivity index (χ0) is 22.7. The third kappa shape index (κ3) is 3.48. The molecular weight excluding hydrogens is 422 g/mol. The number of hydrogen-bond donors (Lipinski definition) is 2. The van der Waals surface area contributed by atoms with Crippen LogP contribution < -0.4 is 5.62 Å². The van der Waals surface area contributed by atoms with Gasteiger partial charge in [-0.2, -0.15) is 0 Å². The van der Waals surface area contributed by atoms with Gasteiger partial charge in [-0.25, -0.2) is 8.78 Å². The number of likely N-dealkylation sites (tertiary alicyclic amines) is 1. The Morgan fingerprint density at radius 2 is 2.00 bits per heavy atom. The zero-order valence-corrected chi connectivity index (χ0v) is 18.2. The van der Waals surface area contributed by atoms with Gasteiger partial charge in [-0.15, -0.1) is 0 Å². The molecule has 6 rings (SSSR count). The highest BCUT2D eigenvalue weighted by molar-refractivity contribution is 5.88. The second kappa shape index (κ2) is 7.64. The Balaban J connectivity index is 1.46. The second-order valence-corrected chi connectivity index (χ2v) is 9.11. The van der Waals surface area contributed by atoms with E-state index in [9.17, 15) is 8.78 Å². The highest BCUT2D eigenvalue weighted by Gasteiger charge is 2.31. The lowest BCUT2D eigenvalue weighted by atomic mass is 9.83. The lowest BCUT2D eigenvalue weighted by Gasteiger charge is -2.37. The first-order valence-corrected chi connectivity index (χ1v) is 11.1. The number of ether oxygens (including phenoxy) is 1. The number of allylic oxidation sites excluding steroid dienone is 2. The minimum absolute atomic E-state index is 0.183. The van der Waals surface area contributed by atoms with Crippen LogP contribution in [0.3, 0.4) is 0 Å². The SMILES string of the molecule is CN1CC(n2c(=N)[nH]c3cc(/C=C4\c5ccc(F)cc5COC5C=C(F)C=CC45)ccc32)C1. The first-order valence-electron chi connectivity index (χ1n) is 11.1. The summed E-state index contributed by atoms with van der Waals surface area (Å²) in [6.45, 7) is 2.08. The molecule has 0 bridgehead atoms. The van der Waals surface area contributed by atoms with Gasteiger partial charge in [0, 0.05) is 19.0 Å². The third-order valence-electron chi connectivity index (χ3n) is 6.82. The number of fused-ring (bicyclic) bond motifs is 3. The van der Waals surface area contributed by atoms with Gasteiger partial charge in [-0.3, -0.25) is 5.41 Å². The average molecular weight is 447 g/mol. The Kier molecular flexibility index (Phi) is 4.71. The molecule has 1 aliphatic carbocycles. The number of benzene rings is 2. The number of nitrogens with one attached hydrogen (secondary N) is 2. The highest BCUT2D eigenvalue weighted by Crippen LogP contribution is 2.39. The van der Waals surface area contributed by atoms with Gasteiger partial charge in [0.1, 0.15) is 11.6 Å². The number of nitrogens with zero attached hydrogens (tertiary/aromatic N) is 2. The molecule has 3 heterocycles. The number of likely N-dealkylation sites (N-methyl/N-ethyl adjacent to an activating group) is 1. The van der Waals surface area contributed by atoms with Gasteiger partial charge >= 0.3 is 0 Å². The Morgan fingerprint density at radius 1 is 1.15 bits per heavy atom. The Morgan fingerprint density at radius 3 is 2.82 bits per heavy atom. The first-order chi connectivity index (χ1) is 16.0. The van der Waals surface area contributed by atoms with E-state index in [4.69, 9.17) is 10.1 Å². The van der Waals surface area contributed by atoms with E-state index in [-0.39, 0.29) is 24.2 Å². The molecular formula is C26H24F2N4O. The van der Waals surface area contributed by atoms with Crippen LogP contribution in [-0.4, -0.2) is 40.7 Å². The van der Waals surface area contributed by atoms with Crippen molar-refractivity contribution in [3.63, 3.8) is 0 Å². The van der Waals surface area contributed by atoms with E-state index in [2.05, 4.69) is 27.6 Å². The molecule has 1 fully saturated rings. The lowest BCUT2D eigenvalue weighted by molar-refractivity contribution is 0.0599. The van der Waals surface area contributed by atoms with Crippen LogP contribution in [0, 0.1) is 17.1 Å². The van der Waals surface area contributed by atoms with Crippen molar-refractivity contribution in [1.82, 2.24) is 14.5 Å². The van der Waals surface area contributed by atoms with E-state index in [1.54, 1.807) is 6.07 Å². The van der Waals surface area contributed by atoms with Crippen molar-refractivity contribution >= 4 is 22.7 Å². The topological polar surface area (TPSA) is 57.0 Å². The minimum atomic E-state index is -0.455. The van der Waals surface area contributed by atoms with Crippen molar-refractivity contribution in [3.8, 4) is 0 Å². The largest absolute Gasteiger partial charge is 0.368 e. The van der Waals surface area contributed by atoms with Crippen LogP contribution in [-0.2, 0) is 11.3 Å². The average Bonchev–Trinajstić information content (AvgIpc) is 3.01. The van der Waals surface area contributed by atoms with Crippen LogP contribution in [0.4, 0.5) is 8.78 Å². The lowest BCUT2D eigenvalue weighted by Crippen LogP contribution is -2.47. The molecule has 5 nitrogen and oxygen atoms in total. The summed E-state index contributed by atoms with van der Waals surface area (Å²) in [5.41, 5.74) is 5.87. The predicted octanol–water partition coefficient (Wildman–Crippen LogP) is 4.55. The summed E-state index contributed by atoms with van der Waals surface area (Å²) in [6.07, 6.45) is 6.38. The number of aromatic nitrogens is 2. The van der Waals surface area contributed by atoms with E-state index < -0.39 is 6.10 Å². The summed E-state index contributed by atoms with van der Waals surface area (Å²) in [5.74, 6) is -0.826. The van der Waals surface area contributed by atoms with Crippen molar-refractivity contribution in [2.24, 2.45) is 5.92 Å². The number of H-pyrrole nitrogens is 1.